The van der Waals surface area contributed by atoms with Gasteiger partial charge in [-0.05, 0) is 42.5 Å². The van der Waals surface area contributed by atoms with E-state index in [1.54, 1.807) is 51.2 Å². The molecule has 33 heavy (non-hydrogen) atoms. The summed E-state index contributed by atoms with van der Waals surface area (Å²) in [4.78, 5) is 18.3. The van der Waals surface area contributed by atoms with Crippen LogP contribution in [-0.2, 0) is 5.75 Å². The predicted octanol–water partition coefficient (Wildman–Crippen LogP) is 4.71. The van der Waals surface area contributed by atoms with Gasteiger partial charge in [-0.15, -0.1) is 0 Å². The largest absolute Gasteiger partial charge is 0.497 e. The maximum Gasteiger partial charge on any atom is 0.266 e. The summed E-state index contributed by atoms with van der Waals surface area (Å²) < 4.78 is 23.3. The zero-order chi connectivity index (χ0) is 23.4. The number of fused-ring (bicyclic) bond motifs is 1. The third-order valence-electron chi connectivity index (χ3n) is 5.21. The Hall–Kier alpha value is -3.65. The maximum absolute atomic E-state index is 13.5. The van der Waals surface area contributed by atoms with Crippen molar-refractivity contribution in [2.75, 3.05) is 28.4 Å². The van der Waals surface area contributed by atoms with Gasteiger partial charge in [0.05, 0.1) is 45.0 Å². The van der Waals surface area contributed by atoms with E-state index in [2.05, 4.69) is 0 Å². The summed E-state index contributed by atoms with van der Waals surface area (Å²) in [6.07, 6.45) is 0. The number of nitrogens with zero attached hydrogens (tertiary/aromatic N) is 2. The molecule has 0 saturated heterocycles. The lowest BCUT2D eigenvalue weighted by molar-refractivity contribution is 0.354. The van der Waals surface area contributed by atoms with Crippen LogP contribution in [0.15, 0.2) is 70.6 Å². The highest BCUT2D eigenvalue weighted by atomic mass is 32.2. The van der Waals surface area contributed by atoms with Crippen LogP contribution in [0.2, 0.25) is 0 Å². The molecule has 0 N–H and O–H groups in total. The number of methoxy groups -OCH3 is 4. The lowest BCUT2D eigenvalue weighted by atomic mass is 10.2. The smallest absolute Gasteiger partial charge is 0.266 e. The minimum absolute atomic E-state index is 0.159. The topological polar surface area (TPSA) is 71.8 Å². The van der Waals surface area contributed by atoms with Gasteiger partial charge < -0.3 is 18.9 Å². The lowest BCUT2D eigenvalue weighted by Gasteiger charge is -2.16. The van der Waals surface area contributed by atoms with Crippen molar-refractivity contribution in [3.8, 4) is 28.7 Å². The molecule has 3 aromatic carbocycles. The highest BCUT2D eigenvalue weighted by molar-refractivity contribution is 7.98. The zero-order valence-electron chi connectivity index (χ0n) is 18.8. The first-order chi connectivity index (χ1) is 16.1. The molecule has 0 saturated carbocycles. The molecule has 0 atom stereocenters. The number of hydrogen-bond acceptors (Lipinski definition) is 7. The average Bonchev–Trinajstić information content (AvgIpc) is 2.86. The van der Waals surface area contributed by atoms with E-state index >= 15 is 0 Å². The first-order valence-corrected chi connectivity index (χ1v) is 11.2. The fourth-order valence-corrected chi connectivity index (χ4v) is 4.53. The quantitative estimate of drug-likeness (QED) is 0.276. The maximum atomic E-state index is 13.5. The Morgan fingerprint density at radius 1 is 0.818 bits per heavy atom. The summed E-state index contributed by atoms with van der Waals surface area (Å²) >= 11 is 1.44. The SMILES string of the molecule is COc1ccc(OC)c(CSc2nc3ccccc3c(=O)n2-c2ccc(OC)c(OC)c2)c1. The van der Waals surface area contributed by atoms with Crippen LogP contribution in [0, 0.1) is 0 Å². The normalized spacial score (nSPS) is 10.8. The van der Waals surface area contributed by atoms with Crippen molar-refractivity contribution in [3.63, 3.8) is 0 Å². The van der Waals surface area contributed by atoms with Crippen LogP contribution in [0.5, 0.6) is 23.0 Å². The zero-order valence-corrected chi connectivity index (χ0v) is 19.6. The average molecular weight is 465 g/mol. The fraction of sp³-hybridized carbons (Fsp3) is 0.200. The van der Waals surface area contributed by atoms with E-state index in [-0.39, 0.29) is 5.56 Å². The Balaban J connectivity index is 1.84. The highest BCUT2D eigenvalue weighted by Crippen LogP contribution is 2.33. The molecule has 8 heteroatoms. The van der Waals surface area contributed by atoms with E-state index < -0.39 is 0 Å². The van der Waals surface area contributed by atoms with Gasteiger partial charge in [0.15, 0.2) is 16.7 Å². The number of para-hydroxylation sites is 1. The Morgan fingerprint density at radius 3 is 2.27 bits per heavy atom. The second-order valence-electron chi connectivity index (χ2n) is 7.06. The van der Waals surface area contributed by atoms with Gasteiger partial charge in [-0.3, -0.25) is 9.36 Å². The Kier molecular flexibility index (Phi) is 6.74. The molecule has 0 spiro atoms. The summed E-state index contributed by atoms with van der Waals surface area (Å²) in [6.45, 7) is 0. The molecule has 0 aliphatic carbocycles. The van der Waals surface area contributed by atoms with Crippen LogP contribution >= 0.6 is 11.8 Å². The predicted molar refractivity (Wildman–Crippen MR) is 130 cm³/mol. The first kappa shape index (κ1) is 22.5. The molecule has 1 heterocycles. The van der Waals surface area contributed by atoms with Crippen molar-refractivity contribution in [1.29, 1.82) is 0 Å². The van der Waals surface area contributed by atoms with Gasteiger partial charge in [0.2, 0.25) is 0 Å². The molecule has 7 nitrogen and oxygen atoms in total. The molecule has 0 amide bonds. The molecule has 0 aliphatic rings. The van der Waals surface area contributed by atoms with Crippen molar-refractivity contribution >= 4 is 22.7 Å². The Bertz CT molecular complexity index is 1350. The lowest BCUT2D eigenvalue weighted by Crippen LogP contribution is -2.21. The molecular formula is C25H24N2O5S. The third-order valence-corrected chi connectivity index (χ3v) is 6.20. The molecule has 0 radical (unpaired) electrons. The van der Waals surface area contributed by atoms with E-state index in [0.29, 0.717) is 39.0 Å². The number of aromatic nitrogens is 2. The van der Waals surface area contributed by atoms with Gasteiger partial charge in [-0.25, -0.2) is 4.98 Å². The van der Waals surface area contributed by atoms with Crippen molar-refractivity contribution in [2.45, 2.75) is 10.9 Å². The summed E-state index contributed by atoms with van der Waals surface area (Å²) in [5.41, 5.74) is 2.05. The summed E-state index contributed by atoms with van der Waals surface area (Å²) in [5.74, 6) is 3.11. The van der Waals surface area contributed by atoms with Crippen LogP contribution in [-0.4, -0.2) is 38.0 Å². The number of thioether (sulfide) groups is 1. The van der Waals surface area contributed by atoms with Crippen molar-refractivity contribution in [2.24, 2.45) is 0 Å². The van der Waals surface area contributed by atoms with E-state index in [4.69, 9.17) is 23.9 Å². The van der Waals surface area contributed by atoms with E-state index in [1.807, 2.05) is 42.5 Å². The van der Waals surface area contributed by atoms with Crippen LogP contribution in [0.1, 0.15) is 5.56 Å². The molecule has 0 bridgehead atoms. The summed E-state index contributed by atoms with van der Waals surface area (Å²) in [6, 6.07) is 18.3. The Morgan fingerprint density at radius 2 is 1.55 bits per heavy atom. The van der Waals surface area contributed by atoms with Gasteiger partial charge in [0.1, 0.15) is 11.5 Å². The number of ether oxygens (including phenoxy) is 4. The highest BCUT2D eigenvalue weighted by Gasteiger charge is 2.16. The second kappa shape index (κ2) is 9.87. The summed E-state index contributed by atoms with van der Waals surface area (Å²) in [5, 5.41) is 1.09. The molecule has 0 aliphatic heterocycles. The Labute approximate surface area is 195 Å². The van der Waals surface area contributed by atoms with Gasteiger partial charge in [-0.1, -0.05) is 23.9 Å². The van der Waals surface area contributed by atoms with Crippen molar-refractivity contribution in [3.05, 3.63) is 76.6 Å². The van der Waals surface area contributed by atoms with Gasteiger partial charge in [0.25, 0.3) is 5.56 Å². The molecule has 170 valence electrons. The summed E-state index contributed by atoms with van der Waals surface area (Å²) in [7, 11) is 6.39. The molecule has 4 aromatic rings. The van der Waals surface area contributed by atoms with Crippen LogP contribution < -0.4 is 24.5 Å². The van der Waals surface area contributed by atoms with E-state index in [0.717, 1.165) is 17.1 Å². The number of hydrogen-bond donors (Lipinski definition) is 0. The van der Waals surface area contributed by atoms with Crippen LogP contribution in [0.3, 0.4) is 0 Å². The van der Waals surface area contributed by atoms with E-state index in [1.165, 1.54) is 11.8 Å². The van der Waals surface area contributed by atoms with Crippen LogP contribution in [0.4, 0.5) is 0 Å². The van der Waals surface area contributed by atoms with Gasteiger partial charge in [0, 0.05) is 17.4 Å². The minimum Gasteiger partial charge on any atom is -0.497 e. The standard InChI is InChI=1S/C25H24N2O5S/c1-29-18-10-12-21(30-2)16(13-18)15-33-25-26-20-8-6-5-7-19(20)24(28)27(25)17-9-11-22(31-3)23(14-17)32-4/h5-14H,15H2,1-4H3. The molecular weight excluding hydrogens is 440 g/mol. The number of rotatable bonds is 8. The minimum atomic E-state index is -0.159. The fourth-order valence-electron chi connectivity index (χ4n) is 3.54. The van der Waals surface area contributed by atoms with Crippen molar-refractivity contribution < 1.29 is 18.9 Å². The van der Waals surface area contributed by atoms with Crippen molar-refractivity contribution in [1.82, 2.24) is 9.55 Å². The molecule has 0 fully saturated rings. The molecule has 1 aromatic heterocycles. The van der Waals surface area contributed by atoms with E-state index in [9.17, 15) is 4.79 Å². The molecule has 4 rings (SSSR count). The van der Waals surface area contributed by atoms with Gasteiger partial charge >= 0.3 is 0 Å². The van der Waals surface area contributed by atoms with Crippen LogP contribution in [0.25, 0.3) is 16.6 Å². The first-order valence-electron chi connectivity index (χ1n) is 10.2. The molecule has 0 unspecified atom stereocenters. The third kappa shape index (κ3) is 4.47. The second-order valence-corrected chi connectivity index (χ2v) is 8.00. The van der Waals surface area contributed by atoms with Gasteiger partial charge in [-0.2, -0.15) is 0 Å². The monoisotopic (exact) mass is 464 g/mol. The number of benzene rings is 3.